The highest BCUT2D eigenvalue weighted by molar-refractivity contribution is 5.79. The van der Waals surface area contributed by atoms with Crippen LogP contribution in [0.15, 0.2) is 53.5 Å². The number of para-hydroxylation sites is 1. The van der Waals surface area contributed by atoms with Crippen LogP contribution >= 0.6 is 0 Å². The first-order chi connectivity index (χ1) is 13.8. The Morgan fingerprint density at radius 2 is 1.76 bits per heavy atom. The number of ether oxygens (including phenoxy) is 1. The van der Waals surface area contributed by atoms with Gasteiger partial charge in [0.1, 0.15) is 12.4 Å². The first kappa shape index (κ1) is 22.5. The number of alkyl halides is 3. The molecule has 0 unspecified atom stereocenters. The van der Waals surface area contributed by atoms with Crippen LogP contribution in [-0.4, -0.2) is 45.2 Å². The van der Waals surface area contributed by atoms with Gasteiger partial charge in [0.25, 0.3) is 0 Å². The van der Waals surface area contributed by atoms with Gasteiger partial charge in [-0.15, -0.1) is 0 Å². The van der Waals surface area contributed by atoms with Crippen LogP contribution in [0.5, 0.6) is 5.75 Å². The van der Waals surface area contributed by atoms with Crippen LogP contribution in [0.2, 0.25) is 0 Å². The molecule has 0 aromatic heterocycles. The summed E-state index contributed by atoms with van der Waals surface area (Å²) in [4.78, 5) is 6.17. The molecule has 0 spiro atoms. The second-order valence-electron chi connectivity index (χ2n) is 6.74. The average Bonchev–Trinajstić information content (AvgIpc) is 2.68. The maximum atomic E-state index is 12.8. The fraction of sp³-hybridized carbons (Fsp3) is 0.381. The van der Waals surface area contributed by atoms with E-state index in [2.05, 4.69) is 15.6 Å². The van der Waals surface area contributed by atoms with E-state index in [4.69, 9.17) is 4.74 Å². The highest BCUT2D eigenvalue weighted by Crippen LogP contribution is 2.29. The number of nitrogens with zero attached hydrogens (tertiary/aromatic N) is 2. The zero-order valence-corrected chi connectivity index (χ0v) is 16.9. The predicted octanol–water partition coefficient (Wildman–Crippen LogP) is 3.51. The van der Waals surface area contributed by atoms with Gasteiger partial charge in [-0.05, 0) is 37.9 Å². The molecule has 0 aliphatic heterocycles. The van der Waals surface area contributed by atoms with Crippen LogP contribution in [0.3, 0.4) is 0 Å². The number of benzene rings is 2. The third-order valence-electron chi connectivity index (χ3n) is 4.15. The van der Waals surface area contributed by atoms with E-state index in [-0.39, 0.29) is 6.54 Å². The molecule has 5 nitrogen and oxygen atoms in total. The quantitative estimate of drug-likeness (QED) is 0.519. The van der Waals surface area contributed by atoms with Gasteiger partial charge in [0.05, 0.1) is 5.56 Å². The highest BCUT2D eigenvalue weighted by Gasteiger charge is 2.30. The summed E-state index contributed by atoms with van der Waals surface area (Å²) >= 11 is 0. The van der Waals surface area contributed by atoms with E-state index < -0.39 is 11.7 Å². The van der Waals surface area contributed by atoms with Crippen molar-refractivity contribution in [1.82, 2.24) is 15.5 Å². The van der Waals surface area contributed by atoms with E-state index in [1.54, 1.807) is 13.1 Å². The Morgan fingerprint density at radius 1 is 1.03 bits per heavy atom. The number of hydrogen-bond donors (Lipinski definition) is 2. The van der Waals surface area contributed by atoms with Crippen LogP contribution in [-0.2, 0) is 19.3 Å². The number of halogens is 3. The highest BCUT2D eigenvalue weighted by atomic mass is 19.4. The minimum atomic E-state index is -4.35. The average molecular weight is 408 g/mol. The Morgan fingerprint density at radius 3 is 2.45 bits per heavy atom. The molecule has 2 aromatic rings. The van der Waals surface area contributed by atoms with Crippen molar-refractivity contribution in [2.45, 2.75) is 19.3 Å². The lowest BCUT2D eigenvalue weighted by atomic mass is 10.1. The fourth-order valence-electron chi connectivity index (χ4n) is 2.57. The van der Waals surface area contributed by atoms with Gasteiger partial charge in [-0.1, -0.05) is 30.3 Å². The van der Waals surface area contributed by atoms with Crippen molar-refractivity contribution >= 4 is 5.96 Å². The zero-order chi connectivity index (χ0) is 21.3. The third kappa shape index (κ3) is 7.65. The molecule has 0 heterocycles. The Bertz CT molecular complexity index is 807. The summed E-state index contributed by atoms with van der Waals surface area (Å²) in [6.45, 7) is 2.08. The number of guanidine groups is 1. The zero-order valence-electron chi connectivity index (χ0n) is 16.9. The SMILES string of the molecule is CN=C(NCc1cccc(C(F)(F)F)c1)NCc1ccccc1OCCN(C)C. The molecule has 2 aromatic carbocycles. The molecule has 0 saturated carbocycles. The maximum absolute atomic E-state index is 12.8. The molecule has 2 rings (SSSR count). The summed E-state index contributed by atoms with van der Waals surface area (Å²) < 4.78 is 44.4. The summed E-state index contributed by atoms with van der Waals surface area (Å²) in [6.07, 6.45) is -4.35. The van der Waals surface area contributed by atoms with Gasteiger partial charge in [0.2, 0.25) is 0 Å². The second kappa shape index (κ2) is 10.7. The number of aliphatic imine (C=N–C) groups is 1. The summed E-state index contributed by atoms with van der Waals surface area (Å²) in [5.41, 5.74) is 0.826. The van der Waals surface area contributed by atoms with Crippen LogP contribution in [0.4, 0.5) is 13.2 Å². The van der Waals surface area contributed by atoms with Gasteiger partial charge in [-0.3, -0.25) is 4.99 Å². The van der Waals surface area contributed by atoms with Crippen molar-refractivity contribution < 1.29 is 17.9 Å². The van der Waals surface area contributed by atoms with E-state index in [0.29, 0.717) is 24.7 Å². The number of likely N-dealkylation sites (N-methyl/N-ethyl adjacent to an activating group) is 1. The first-order valence-electron chi connectivity index (χ1n) is 9.25. The molecule has 0 saturated heterocycles. The standard InChI is InChI=1S/C21H27F3N4O/c1-25-20(26-14-16-7-6-9-18(13-16)21(22,23)24)27-15-17-8-4-5-10-19(17)29-12-11-28(2)3/h4-10,13H,11-12,14-15H2,1-3H3,(H2,25,26,27). The summed E-state index contributed by atoms with van der Waals surface area (Å²) in [7, 11) is 5.58. The number of nitrogens with one attached hydrogen (secondary N) is 2. The number of hydrogen-bond acceptors (Lipinski definition) is 3. The Labute approximate surface area is 169 Å². The first-order valence-corrected chi connectivity index (χ1v) is 9.25. The van der Waals surface area contributed by atoms with Crippen LogP contribution < -0.4 is 15.4 Å². The summed E-state index contributed by atoms with van der Waals surface area (Å²) in [5.74, 6) is 1.28. The van der Waals surface area contributed by atoms with Crippen LogP contribution in [0.25, 0.3) is 0 Å². The molecule has 158 valence electrons. The van der Waals surface area contributed by atoms with Crippen molar-refractivity contribution in [2.24, 2.45) is 4.99 Å². The molecule has 29 heavy (non-hydrogen) atoms. The molecule has 0 aliphatic carbocycles. The van der Waals surface area contributed by atoms with E-state index >= 15 is 0 Å². The van der Waals surface area contributed by atoms with E-state index in [1.807, 2.05) is 43.3 Å². The van der Waals surface area contributed by atoms with Crippen molar-refractivity contribution in [3.05, 3.63) is 65.2 Å². The third-order valence-corrected chi connectivity index (χ3v) is 4.15. The lowest BCUT2D eigenvalue weighted by Gasteiger charge is -2.16. The molecule has 2 N–H and O–H groups in total. The van der Waals surface area contributed by atoms with Crippen molar-refractivity contribution in [2.75, 3.05) is 34.3 Å². The van der Waals surface area contributed by atoms with Crippen molar-refractivity contribution in [3.8, 4) is 5.75 Å². The maximum Gasteiger partial charge on any atom is 0.416 e. The van der Waals surface area contributed by atoms with Gasteiger partial charge in [-0.25, -0.2) is 0 Å². The van der Waals surface area contributed by atoms with Gasteiger partial charge >= 0.3 is 6.18 Å². The fourth-order valence-corrected chi connectivity index (χ4v) is 2.57. The molecule has 0 amide bonds. The smallest absolute Gasteiger partial charge is 0.416 e. The number of rotatable bonds is 8. The van der Waals surface area contributed by atoms with Crippen LogP contribution in [0, 0.1) is 0 Å². The second-order valence-corrected chi connectivity index (χ2v) is 6.74. The van der Waals surface area contributed by atoms with Gasteiger partial charge in [0.15, 0.2) is 5.96 Å². The van der Waals surface area contributed by atoms with Crippen molar-refractivity contribution in [1.29, 1.82) is 0 Å². The molecular weight excluding hydrogens is 381 g/mol. The Balaban J connectivity index is 1.92. The molecule has 0 radical (unpaired) electrons. The monoisotopic (exact) mass is 408 g/mol. The summed E-state index contributed by atoms with van der Waals surface area (Å²) in [6, 6.07) is 12.9. The molecule has 0 atom stereocenters. The topological polar surface area (TPSA) is 48.9 Å². The van der Waals surface area contributed by atoms with E-state index in [1.165, 1.54) is 6.07 Å². The lowest BCUT2D eigenvalue weighted by Crippen LogP contribution is -2.36. The minimum absolute atomic E-state index is 0.227. The molecular formula is C21H27F3N4O. The molecule has 0 bridgehead atoms. The van der Waals surface area contributed by atoms with Gasteiger partial charge in [-0.2, -0.15) is 13.2 Å². The summed E-state index contributed by atoms with van der Waals surface area (Å²) in [5, 5.41) is 6.20. The lowest BCUT2D eigenvalue weighted by molar-refractivity contribution is -0.137. The van der Waals surface area contributed by atoms with E-state index in [0.717, 1.165) is 30.0 Å². The predicted molar refractivity (Wildman–Crippen MR) is 109 cm³/mol. The Hall–Kier alpha value is -2.74. The van der Waals surface area contributed by atoms with Gasteiger partial charge in [0, 0.05) is 32.2 Å². The minimum Gasteiger partial charge on any atom is -0.492 e. The van der Waals surface area contributed by atoms with E-state index in [9.17, 15) is 13.2 Å². The normalized spacial score (nSPS) is 12.2. The van der Waals surface area contributed by atoms with Crippen molar-refractivity contribution in [3.63, 3.8) is 0 Å². The molecule has 0 fully saturated rings. The largest absolute Gasteiger partial charge is 0.492 e. The molecule has 0 aliphatic rings. The van der Waals surface area contributed by atoms with Crippen LogP contribution in [0.1, 0.15) is 16.7 Å². The molecule has 8 heteroatoms. The Kier molecular flexibility index (Phi) is 8.33. The van der Waals surface area contributed by atoms with Gasteiger partial charge < -0.3 is 20.3 Å².